The summed E-state index contributed by atoms with van der Waals surface area (Å²) in [5, 5.41) is 3.33. The quantitative estimate of drug-likeness (QED) is 0.688. The van der Waals surface area contributed by atoms with Gasteiger partial charge in [-0.15, -0.1) is 24.8 Å². The van der Waals surface area contributed by atoms with Crippen LogP contribution in [0.2, 0.25) is 0 Å². The molecule has 0 saturated carbocycles. The normalized spacial score (nSPS) is 15.0. The van der Waals surface area contributed by atoms with Crippen molar-refractivity contribution in [2.45, 2.75) is 13.0 Å². The zero-order valence-corrected chi connectivity index (χ0v) is 8.33. The topological polar surface area (TPSA) is 29.9 Å². The number of hydrogen-bond donors (Lipinski definition) is 1. The van der Waals surface area contributed by atoms with Crippen molar-refractivity contribution in [3.63, 3.8) is 0 Å². The molecule has 70 valence electrons. The summed E-state index contributed by atoms with van der Waals surface area (Å²) in [6, 6.07) is 0. The van der Waals surface area contributed by atoms with Crippen molar-refractivity contribution in [2.24, 2.45) is 0 Å². The molecule has 1 aliphatic rings. The van der Waals surface area contributed by atoms with Crippen LogP contribution < -0.4 is 5.32 Å². The Morgan fingerprint density at radius 2 is 2.17 bits per heavy atom. The zero-order chi connectivity index (χ0) is 6.81. The van der Waals surface area contributed by atoms with E-state index < -0.39 is 0 Å². The number of rotatable bonds is 0. The molecule has 1 aliphatic heterocycles. The highest BCUT2D eigenvalue weighted by Crippen LogP contribution is 2.01. The molecule has 0 aromatic carbocycles. The molecular weight excluding hydrogens is 197 g/mol. The van der Waals surface area contributed by atoms with E-state index in [4.69, 9.17) is 0 Å². The van der Waals surface area contributed by atoms with Crippen LogP contribution in [-0.2, 0) is 13.0 Å². The minimum Gasteiger partial charge on any atom is -0.333 e. The van der Waals surface area contributed by atoms with E-state index in [2.05, 4.69) is 14.9 Å². The number of halogens is 2. The van der Waals surface area contributed by atoms with Gasteiger partial charge in [-0.25, -0.2) is 4.98 Å². The summed E-state index contributed by atoms with van der Waals surface area (Å²) in [5.41, 5.74) is 1.35. The Kier molecular flexibility index (Phi) is 5.29. The molecular formula is C7H13Cl2N3. The van der Waals surface area contributed by atoms with Crippen LogP contribution in [-0.4, -0.2) is 22.6 Å². The Labute approximate surface area is 84.4 Å². The lowest BCUT2D eigenvalue weighted by atomic mass is 10.3. The average Bonchev–Trinajstić information content (AvgIpc) is 2.28. The van der Waals surface area contributed by atoms with E-state index in [1.54, 1.807) is 0 Å². The van der Waals surface area contributed by atoms with Crippen LogP contribution >= 0.6 is 24.8 Å². The van der Waals surface area contributed by atoms with Gasteiger partial charge >= 0.3 is 0 Å². The maximum Gasteiger partial charge on any atom is 0.0948 e. The van der Waals surface area contributed by atoms with Gasteiger partial charge in [0.25, 0.3) is 0 Å². The molecule has 0 spiro atoms. The molecule has 3 nitrogen and oxygen atoms in total. The summed E-state index contributed by atoms with van der Waals surface area (Å²) in [5.74, 6) is 0. The van der Waals surface area contributed by atoms with Gasteiger partial charge in [0.15, 0.2) is 0 Å². The minimum absolute atomic E-state index is 0. The highest BCUT2D eigenvalue weighted by Gasteiger charge is 2.04. The number of fused-ring (bicyclic) bond motifs is 1. The first kappa shape index (κ1) is 11.8. The Morgan fingerprint density at radius 3 is 3.00 bits per heavy atom. The van der Waals surface area contributed by atoms with E-state index in [0.29, 0.717) is 0 Å². The maximum absolute atomic E-state index is 4.08. The predicted molar refractivity (Wildman–Crippen MR) is 53.3 cm³/mol. The van der Waals surface area contributed by atoms with Crippen molar-refractivity contribution in [3.8, 4) is 0 Å². The first-order valence-electron chi connectivity index (χ1n) is 3.66. The molecule has 1 aromatic heterocycles. The highest BCUT2D eigenvalue weighted by atomic mass is 35.5. The van der Waals surface area contributed by atoms with E-state index in [-0.39, 0.29) is 24.8 Å². The number of hydrogen-bond acceptors (Lipinski definition) is 2. The summed E-state index contributed by atoms with van der Waals surface area (Å²) in [6.07, 6.45) is 4.97. The summed E-state index contributed by atoms with van der Waals surface area (Å²) in [6.45, 7) is 3.23. The molecule has 0 unspecified atom stereocenters. The molecule has 0 saturated heterocycles. The molecule has 12 heavy (non-hydrogen) atoms. The zero-order valence-electron chi connectivity index (χ0n) is 6.69. The maximum atomic E-state index is 4.08. The molecule has 5 heteroatoms. The van der Waals surface area contributed by atoms with E-state index in [9.17, 15) is 0 Å². The standard InChI is InChI=1S/C7H11N3.2ClH/c1-2-8-3-4-10-6-9-5-7(1)10;;/h5-6,8H,1-4H2;2*1H. The molecule has 2 rings (SSSR count). The Hall–Kier alpha value is -0.250. The molecule has 2 heterocycles. The molecule has 0 bridgehead atoms. The lowest BCUT2D eigenvalue weighted by Crippen LogP contribution is -2.17. The van der Waals surface area contributed by atoms with Gasteiger partial charge in [0.1, 0.15) is 0 Å². The number of nitrogens with one attached hydrogen (secondary N) is 1. The first-order chi connectivity index (χ1) is 4.97. The fourth-order valence-electron chi connectivity index (χ4n) is 1.30. The summed E-state index contributed by atoms with van der Waals surface area (Å²) in [7, 11) is 0. The van der Waals surface area contributed by atoms with Crippen LogP contribution in [0.5, 0.6) is 0 Å². The van der Waals surface area contributed by atoms with Crippen LogP contribution in [0.1, 0.15) is 5.69 Å². The third kappa shape index (κ3) is 2.37. The highest BCUT2D eigenvalue weighted by molar-refractivity contribution is 5.85. The molecule has 0 fully saturated rings. The van der Waals surface area contributed by atoms with Gasteiger partial charge in [0.05, 0.1) is 6.33 Å². The average molecular weight is 210 g/mol. The van der Waals surface area contributed by atoms with Crippen molar-refractivity contribution in [1.82, 2.24) is 14.9 Å². The smallest absolute Gasteiger partial charge is 0.0948 e. The second-order valence-electron chi connectivity index (χ2n) is 2.58. The largest absolute Gasteiger partial charge is 0.333 e. The van der Waals surface area contributed by atoms with E-state index in [1.807, 2.05) is 12.5 Å². The van der Waals surface area contributed by atoms with Crippen LogP contribution in [0.25, 0.3) is 0 Å². The Bertz CT molecular complexity index is 204. The fraction of sp³-hybridized carbons (Fsp3) is 0.571. The summed E-state index contributed by atoms with van der Waals surface area (Å²) in [4.78, 5) is 4.08. The second kappa shape index (κ2) is 5.41. The van der Waals surface area contributed by atoms with Gasteiger partial charge in [-0.3, -0.25) is 0 Å². The van der Waals surface area contributed by atoms with Crippen LogP contribution in [0.4, 0.5) is 0 Å². The van der Waals surface area contributed by atoms with Crippen molar-refractivity contribution in [3.05, 3.63) is 18.2 Å². The van der Waals surface area contributed by atoms with Crippen LogP contribution in [0.3, 0.4) is 0 Å². The van der Waals surface area contributed by atoms with E-state index >= 15 is 0 Å². The Morgan fingerprint density at radius 1 is 1.33 bits per heavy atom. The molecule has 1 N–H and O–H groups in total. The summed E-state index contributed by atoms with van der Waals surface area (Å²) < 4.78 is 2.21. The third-order valence-electron chi connectivity index (χ3n) is 1.89. The molecule has 1 aromatic rings. The lowest BCUT2D eigenvalue weighted by Gasteiger charge is -1.98. The SMILES string of the molecule is Cl.Cl.c1ncn2c1CCNCC2. The summed E-state index contributed by atoms with van der Waals surface area (Å²) >= 11 is 0. The number of aromatic nitrogens is 2. The van der Waals surface area contributed by atoms with Crippen molar-refractivity contribution >= 4 is 24.8 Å². The third-order valence-corrected chi connectivity index (χ3v) is 1.89. The molecule has 0 atom stereocenters. The van der Waals surface area contributed by atoms with Gasteiger partial charge < -0.3 is 9.88 Å². The predicted octanol–water partition coefficient (Wildman–Crippen LogP) is 0.872. The fourth-order valence-corrected chi connectivity index (χ4v) is 1.30. The Balaban J connectivity index is 0.000000605. The first-order valence-corrected chi connectivity index (χ1v) is 3.66. The molecule has 0 aliphatic carbocycles. The van der Waals surface area contributed by atoms with Crippen molar-refractivity contribution in [1.29, 1.82) is 0 Å². The minimum atomic E-state index is 0. The molecule has 0 amide bonds. The molecule has 0 radical (unpaired) electrons. The van der Waals surface area contributed by atoms with Crippen molar-refractivity contribution < 1.29 is 0 Å². The monoisotopic (exact) mass is 209 g/mol. The number of imidazole rings is 1. The van der Waals surface area contributed by atoms with Crippen LogP contribution in [0.15, 0.2) is 12.5 Å². The van der Waals surface area contributed by atoms with Gasteiger partial charge in [-0.1, -0.05) is 0 Å². The van der Waals surface area contributed by atoms with E-state index in [0.717, 1.165) is 26.1 Å². The number of nitrogens with zero attached hydrogens (tertiary/aromatic N) is 2. The second-order valence-corrected chi connectivity index (χ2v) is 2.58. The van der Waals surface area contributed by atoms with Crippen molar-refractivity contribution in [2.75, 3.05) is 13.1 Å². The lowest BCUT2D eigenvalue weighted by molar-refractivity contribution is 0.643. The van der Waals surface area contributed by atoms with Crippen LogP contribution in [0, 0.1) is 0 Å². The van der Waals surface area contributed by atoms with Gasteiger partial charge in [-0.2, -0.15) is 0 Å². The van der Waals surface area contributed by atoms with E-state index in [1.165, 1.54) is 5.69 Å². The van der Waals surface area contributed by atoms with Gasteiger partial charge in [0.2, 0.25) is 0 Å². The van der Waals surface area contributed by atoms with Gasteiger partial charge in [-0.05, 0) is 0 Å². The van der Waals surface area contributed by atoms with Gasteiger partial charge in [0, 0.05) is 37.9 Å².